The van der Waals surface area contributed by atoms with Crippen molar-refractivity contribution in [1.82, 2.24) is 10.3 Å². The molecule has 0 aliphatic carbocycles. The molecule has 0 aliphatic rings. The van der Waals surface area contributed by atoms with Crippen LogP contribution in [0.1, 0.15) is 9.88 Å². The number of hydrogen-bond acceptors (Lipinski definition) is 3. The van der Waals surface area contributed by atoms with Crippen LogP contribution in [0.4, 0.5) is 10.5 Å². The van der Waals surface area contributed by atoms with Crippen molar-refractivity contribution >= 4 is 39.0 Å². The molecule has 0 saturated carbocycles. The minimum Gasteiger partial charge on any atom is -0.333 e. The predicted molar refractivity (Wildman–Crippen MR) is 76.9 cm³/mol. The Morgan fingerprint density at radius 2 is 2.22 bits per heavy atom. The molecule has 0 atom stereocenters. The van der Waals surface area contributed by atoms with Gasteiger partial charge in [-0.3, -0.25) is 0 Å². The fourth-order valence-corrected chi connectivity index (χ4v) is 2.50. The van der Waals surface area contributed by atoms with Gasteiger partial charge in [0, 0.05) is 15.5 Å². The average Bonchev–Trinajstić information content (AvgIpc) is 2.76. The van der Waals surface area contributed by atoms with Crippen LogP contribution in [0.3, 0.4) is 0 Å². The summed E-state index contributed by atoms with van der Waals surface area (Å²) in [4.78, 5) is 16.9. The molecule has 0 spiro atoms. The number of carbonyl (C=O) groups excluding carboxylic acids is 1. The third-order valence-corrected chi connectivity index (χ3v) is 3.82. The molecule has 0 aliphatic heterocycles. The fraction of sp³-hybridized carbons (Fsp3) is 0.167. The van der Waals surface area contributed by atoms with Crippen molar-refractivity contribution in [3.8, 4) is 0 Å². The minimum absolute atomic E-state index is 0.229. The van der Waals surface area contributed by atoms with Gasteiger partial charge in [0.2, 0.25) is 0 Å². The van der Waals surface area contributed by atoms with Crippen molar-refractivity contribution in [3.05, 3.63) is 44.8 Å². The van der Waals surface area contributed by atoms with Gasteiger partial charge in [-0.15, -0.1) is 11.3 Å². The average molecular weight is 326 g/mol. The molecule has 4 nitrogen and oxygen atoms in total. The molecule has 2 aromatic rings. The summed E-state index contributed by atoms with van der Waals surface area (Å²) >= 11 is 4.95. The van der Waals surface area contributed by atoms with Gasteiger partial charge in [0.25, 0.3) is 0 Å². The highest BCUT2D eigenvalue weighted by atomic mass is 79.9. The Balaban J connectivity index is 1.88. The maximum absolute atomic E-state index is 11.7. The third-order valence-electron chi connectivity index (χ3n) is 2.21. The maximum Gasteiger partial charge on any atom is 0.319 e. The van der Waals surface area contributed by atoms with E-state index < -0.39 is 0 Å². The van der Waals surface area contributed by atoms with Crippen LogP contribution in [-0.4, -0.2) is 11.0 Å². The Labute approximate surface area is 118 Å². The van der Waals surface area contributed by atoms with Gasteiger partial charge in [-0.1, -0.05) is 12.1 Å². The molecule has 0 saturated heterocycles. The van der Waals surface area contributed by atoms with Crippen LogP contribution in [0.5, 0.6) is 0 Å². The summed E-state index contributed by atoms with van der Waals surface area (Å²) < 4.78 is 0.855. The van der Waals surface area contributed by atoms with Crippen molar-refractivity contribution in [2.24, 2.45) is 0 Å². The van der Waals surface area contributed by atoms with Gasteiger partial charge in [0.05, 0.1) is 17.2 Å². The first-order chi connectivity index (χ1) is 8.65. The monoisotopic (exact) mass is 325 g/mol. The first-order valence-electron chi connectivity index (χ1n) is 5.36. The zero-order valence-electron chi connectivity index (χ0n) is 9.74. The zero-order valence-corrected chi connectivity index (χ0v) is 12.1. The highest BCUT2D eigenvalue weighted by molar-refractivity contribution is 9.10. The number of aryl methyl sites for hydroxylation is 1. The predicted octanol–water partition coefficient (Wildman–Crippen LogP) is 3.54. The summed E-state index contributed by atoms with van der Waals surface area (Å²) in [5.74, 6) is 0. The van der Waals surface area contributed by atoms with E-state index in [4.69, 9.17) is 0 Å². The van der Waals surface area contributed by atoms with Gasteiger partial charge < -0.3 is 10.6 Å². The molecular formula is C12H12BrN3OS. The molecule has 0 bridgehead atoms. The molecule has 0 fully saturated rings. The lowest BCUT2D eigenvalue weighted by Gasteiger charge is -2.07. The maximum atomic E-state index is 11.7. The molecule has 0 unspecified atom stereocenters. The normalized spacial score (nSPS) is 10.1. The van der Waals surface area contributed by atoms with Crippen LogP contribution in [0.2, 0.25) is 0 Å². The van der Waals surface area contributed by atoms with E-state index in [1.165, 1.54) is 0 Å². The second kappa shape index (κ2) is 5.97. The van der Waals surface area contributed by atoms with Crippen LogP contribution in [0.15, 0.2) is 34.9 Å². The number of anilines is 1. The first kappa shape index (κ1) is 13.0. The summed E-state index contributed by atoms with van der Waals surface area (Å²) in [5.41, 5.74) is 0.746. The van der Waals surface area contributed by atoms with Crippen LogP contribution >= 0.6 is 27.3 Å². The molecule has 6 heteroatoms. The molecule has 94 valence electrons. The van der Waals surface area contributed by atoms with E-state index in [1.54, 1.807) is 17.5 Å². The summed E-state index contributed by atoms with van der Waals surface area (Å²) in [6.45, 7) is 2.43. The molecule has 18 heavy (non-hydrogen) atoms. The lowest BCUT2D eigenvalue weighted by atomic mass is 10.3. The van der Waals surface area contributed by atoms with Crippen molar-refractivity contribution in [1.29, 1.82) is 0 Å². The van der Waals surface area contributed by atoms with Gasteiger partial charge in [-0.25, -0.2) is 9.78 Å². The quantitative estimate of drug-likeness (QED) is 0.906. The number of amides is 2. The van der Waals surface area contributed by atoms with Crippen LogP contribution < -0.4 is 10.6 Å². The lowest BCUT2D eigenvalue weighted by molar-refractivity contribution is 0.252. The largest absolute Gasteiger partial charge is 0.333 e. The number of benzene rings is 1. The van der Waals surface area contributed by atoms with E-state index in [0.29, 0.717) is 6.54 Å². The Morgan fingerprint density at radius 1 is 1.44 bits per heavy atom. The number of rotatable bonds is 3. The van der Waals surface area contributed by atoms with E-state index >= 15 is 0 Å². The Kier molecular flexibility index (Phi) is 4.33. The SMILES string of the molecule is Cc1ncc(CNC(=O)Nc2ccccc2Br)s1. The van der Waals surface area contributed by atoms with Crippen molar-refractivity contribution in [2.45, 2.75) is 13.5 Å². The number of urea groups is 1. The lowest BCUT2D eigenvalue weighted by Crippen LogP contribution is -2.27. The first-order valence-corrected chi connectivity index (χ1v) is 6.97. The molecule has 2 rings (SSSR count). The van der Waals surface area contributed by atoms with E-state index in [-0.39, 0.29) is 6.03 Å². The standard InChI is InChI=1S/C12H12BrN3OS/c1-8-14-6-9(18-8)7-15-12(17)16-11-5-3-2-4-10(11)13/h2-6H,7H2,1H3,(H2,15,16,17). The number of halogens is 1. The molecule has 2 amide bonds. The second-order valence-electron chi connectivity index (χ2n) is 3.63. The van der Waals surface area contributed by atoms with E-state index in [9.17, 15) is 4.79 Å². The zero-order chi connectivity index (χ0) is 13.0. The van der Waals surface area contributed by atoms with E-state index in [2.05, 4.69) is 31.5 Å². The highest BCUT2D eigenvalue weighted by Gasteiger charge is 2.05. The number of para-hydroxylation sites is 1. The fourth-order valence-electron chi connectivity index (χ4n) is 1.38. The van der Waals surface area contributed by atoms with Crippen molar-refractivity contribution in [2.75, 3.05) is 5.32 Å². The molecule has 1 heterocycles. The number of thiazole rings is 1. The van der Waals surface area contributed by atoms with Crippen LogP contribution in [0.25, 0.3) is 0 Å². The number of carbonyl (C=O) groups is 1. The summed E-state index contributed by atoms with van der Waals surface area (Å²) in [6.07, 6.45) is 1.78. The van der Waals surface area contributed by atoms with E-state index in [0.717, 1.165) is 20.0 Å². The molecule has 0 radical (unpaired) electrons. The molecule has 1 aromatic heterocycles. The molecule has 1 aromatic carbocycles. The summed E-state index contributed by atoms with van der Waals surface area (Å²) in [6, 6.07) is 7.25. The van der Waals surface area contributed by atoms with E-state index in [1.807, 2.05) is 31.2 Å². The molecule has 2 N–H and O–H groups in total. The topological polar surface area (TPSA) is 54.0 Å². The third kappa shape index (κ3) is 3.54. The van der Waals surface area contributed by atoms with Crippen molar-refractivity contribution < 1.29 is 4.79 Å². The highest BCUT2D eigenvalue weighted by Crippen LogP contribution is 2.20. The number of hydrogen-bond donors (Lipinski definition) is 2. The van der Waals surface area contributed by atoms with Gasteiger partial charge in [0.15, 0.2) is 0 Å². The van der Waals surface area contributed by atoms with Gasteiger partial charge in [-0.2, -0.15) is 0 Å². The van der Waals surface area contributed by atoms with Crippen LogP contribution in [0, 0.1) is 6.92 Å². The number of nitrogens with one attached hydrogen (secondary N) is 2. The summed E-state index contributed by atoms with van der Waals surface area (Å²) in [5, 5.41) is 6.56. The number of nitrogens with zero attached hydrogens (tertiary/aromatic N) is 1. The van der Waals surface area contributed by atoms with Crippen LogP contribution in [-0.2, 0) is 6.54 Å². The van der Waals surface area contributed by atoms with Gasteiger partial charge in [-0.05, 0) is 35.0 Å². The second-order valence-corrected chi connectivity index (χ2v) is 5.81. The number of aromatic nitrogens is 1. The van der Waals surface area contributed by atoms with Crippen molar-refractivity contribution in [3.63, 3.8) is 0 Å². The minimum atomic E-state index is -0.229. The van der Waals surface area contributed by atoms with Gasteiger partial charge >= 0.3 is 6.03 Å². The van der Waals surface area contributed by atoms with Gasteiger partial charge in [0.1, 0.15) is 0 Å². The Hall–Kier alpha value is -1.40. The Morgan fingerprint density at radius 3 is 2.89 bits per heavy atom. The Bertz CT molecular complexity index is 556. The smallest absolute Gasteiger partial charge is 0.319 e. The summed E-state index contributed by atoms with van der Waals surface area (Å²) in [7, 11) is 0. The molecular weight excluding hydrogens is 314 g/mol.